The van der Waals surface area contributed by atoms with Crippen LogP contribution in [0.25, 0.3) is 16.9 Å². The highest BCUT2D eigenvalue weighted by atomic mass is 32.2. The molecule has 2 aliphatic rings. The minimum Gasteiger partial charge on any atom is -0.268 e. The standard InChI is InChI=1S/C28H32N2OS/c1-2-3-12-19-32-27-29-25-23-16-9-8-13-21(23)20-28(17-10-5-11-18-28)24(25)26(31)30(27)22-14-6-4-7-15-22/h4,6-9,13-16H,2-3,5,10-12,17-20H2,1H3. The lowest BCUT2D eigenvalue weighted by Crippen LogP contribution is -2.42. The first-order valence-electron chi connectivity index (χ1n) is 12.2. The normalized spacial score (nSPS) is 16.5. The van der Waals surface area contributed by atoms with Gasteiger partial charge in [0.25, 0.3) is 5.56 Å². The molecule has 1 aromatic heterocycles. The summed E-state index contributed by atoms with van der Waals surface area (Å²) in [6, 6.07) is 18.7. The van der Waals surface area contributed by atoms with Crippen LogP contribution in [0.5, 0.6) is 0 Å². The van der Waals surface area contributed by atoms with E-state index in [1.54, 1.807) is 11.8 Å². The molecule has 166 valence electrons. The van der Waals surface area contributed by atoms with Crippen LogP contribution in [0.4, 0.5) is 0 Å². The molecule has 0 bridgehead atoms. The molecule has 1 spiro atoms. The zero-order valence-electron chi connectivity index (χ0n) is 19.0. The maximum Gasteiger partial charge on any atom is 0.263 e. The summed E-state index contributed by atoms with van der Waals surface area (Å²) in [4.78, 5) is 19.6. The third-order valence-corrected chi connectivity index (χ3v) is 8.21. The van der Waals surface area contributed by atoms with Crippen molar-refractivity contribution < 1.29 is 0 Å². The fraction of sp³-hybridized carbons (Fsp3) is 0.429. The lowest BCUT2D eigenvalue weighted by atomic mass is 9.62. The maximum atomic E-state index is 14.3. The van der Waals surface area contributed by atoms with Crippen molar-refractivity contribution in [1.29, 1.82) is 0 Å². The SMILES string of the molecule is CCCCCSc1nc2c(c(=O)n1-c1ccccc1)C1(CCCCC1)Cc1ccccc1-2. The summed E-state index contributed by atoms with van der Waals surface area (Å²) in [5.41, 5.74) is 5.43. The van der Waals surface area contributed by atoms with E-state index in [9.17, 15) is 4.79 Å². The van der Waals surface area contributed by atoms with Gasteiger partial charge in [-0.3, -0.25) is 9.36 Å². The number of hydrogen-bond donors (Lipinski definition) is 0. The first-order valence-corrected chi connectivity index (χ1v) is 13.2. The Labute approximate surface area is 195 Å². The molecule has 0 radical (unpaired) electrons. The van der Waals surface area contributed by atoms with Crippen LogP contribution in [-0.4, -0.2) is 15.3 Å². The van der Waals surface area contributed by atoms with E-state index in [1.165, 1.54) is 37.7 Å². The minimum atomic E-state index is -0.0754. The number of aromatic nitrogens is 2. The molecule has 0 unspecified atom stereocenters. The van der Waals surface area contributed by atoms with Crippen LogP contribution in [-0.2, 0) is 11.8 Å². The van der Waals surface area contributed by atoms with E-state index in [-0.39, 0.29) is 11.0 Å². The van der Waals surface area contributed by atoms with E-state index >= 15 is 0 Å². The van der Waals surface area contributed by atoms with Crippen LogP contribution in [0.15, 0.2) is 64.5 Å². The zero-order valence-corrected chi connectivity index (χ0v) is 19.8. The monoisotopic (exact) mass is 444 g/mol. The second-order valence-electron chi connectivity index (χ2n) is 9.32. The molecular weight excluding hydrogens is 412 g/mol. The molecule has 3 nitrogen and oxygen atoms in total. The third kappa shape index (κ3) is 3.83. The molecule has 0 amide bonds. The van der Waals surface area contributed by atoms with Gasteiger partial charge in [-0.05, 0) is 43.4 Å². The minimum absolute atomic E-state index is 0.0754. The van der Waals surface area contributed by atoms with E-state index in [0.29, 0.717) is 0 Å². The molecule has 0 saturated heterocycles. The lowest BCUT2D eigenvalue weighted by molar-refractivity contribution is 0.283. The van der Waals surface area contributed by atoms with E-state index in [4.69, 9.17) is 4.98 Å². The number of rotatable bonds is 6. The van der Waals surface area contributed by atoms with Gasteiger partial charge in [-0.1, -0.05) is 93.3 Å². The number of fused-ring (bicyclic) bond motifs is 4. The number of benzene rings is 2. The predicted octanol–water partition coefficient (Wildman–Crippen LogP) is 6.94. The Morgan fingerprint density at radius 1 is 0.969 bits per heavy atom. The number of thioether (sulfide) groups is 1. The molecule has 4 heteroatoms. The molecule has 0 atom stereocenters. The van der Waals surface area contributed by atoms with Crippen molar-refractivity contribution in [1.82, 2.24) is 9.55 Å². The summed E-state index contributed by atoms with van der Waals surface area (Å²) in [5.74, 6) is 0.985. The average molecular weight is 445 g/mol. The van der Waals surface area contributed by atoms with E-state index in [0.717, 1.165) is 59.1 Å². The predicted molar refractivity (Wildman–Crippen MR) is 134 cm³/mol. The summed E-state index contributed by atoms with van der Waals surface area (Å²) in [7, 11) is 0. The lowest BCUT2D eigenvalue weighted by Gasteiger charge is -2.42. The highest BCUT2D eigenvalue weighted by Crippen LogP contribution is 2.49. The second kappa shape index (κ2) is 9.27. The largest absolute Gasteiger partial charge is 0.268 e. The first kappa shape index (κ1) is 21.5. The van der Waals surface area contributed by atoms with Crippen molar-refractivity contribution in [2.45, 2.75) is 75.3 Å². The Morgan fingerprint density at radius 3 is 2.50 bits per heavy atom. The van der Waals surface area contributed by atoms with Crippen LogP contribution in [0.3, 0.4) is 0 Å². The van der Waals surface area contributed by atoms with Gasteiger partial charge in [0, 0.05) is 16.7 Å². The highest BCUT2D eigenvalue weighted by Gasteiger charge is 2.43. The van der Waals surface area contributed by atoms with Crippen LogP contribution in [0.1, 0.15) is 69.4 Å². The van der Waals surface area contributed by atoms with Crippen molar-refractivity contribution >= 4 is 11.8 Å². The Balaban J connectivity index is 1.74. The van der Waals surface area contributed by atoms with Crippen molar-refractivity contribution in [2.24, 2.45) is 0 Å². The maximum absolute atomic E-state index is 14.3. The van der Waals surface area contributed by atoms with Gasteiger partial charge >= 0.3 is 0 Å². The van der Waals surface area contributed by atoms with Gasteiger partial charge in [0.2, 0.25) is 0 Å². The van der Waals surface area contributed by atoms with Crippen LogP contribution < -0.4 is 5.56 Å². The highest BCUT2D eigenvalue weighted by molar-refractivity contribution is 7.99. The first-order chi connectivity index (χ1) is 15.7. The topological polar surface area (TPSA) is 34.9 Å². The van der Waals surface area contributed by atoms with Crippen LogP contribution >= 0.6 is 11.8 Å². The summed E-state index contributed by atoms with van der Waals surface area (Å²) in [6.07, 6.45) is 10.3. The van der Waals surface area contributed by atoms with Gasteiger partial charge in [-0.2, -0.15) is 0 Å². The van der Waals surface area contributed by atoms with E-state index in [1.807, 2.05) is 34.9 Å². The van der Waals surface area contributed by atoms with E-state index < -0.39 is 0 Å². The fourth-order valence-electron chi connectivity index (χ4n) is 5.61. The van der Waals surface area contributed by atoms with Crippen LogP contribution in [0, 0.1) is 0 Å². The van der Waals surface area contributed by atoms with Crippen molar-refractivity contribution in [3.63, 3.8) is 0 Å². The van der Waals surface area contributed by atoms with Gasteiger partial charge in [0.15, 0.2) is 5.16 Å². The summed E-state index contributed by atoms with van der Waals surface area (Å²) in [6.45, 7) is 2.22. The quantitative estimate of drug-likeness (QED) is 0.235. The Morgan fingerprint density at radius 2 is 1.72 bits per heavy atom. The smallest absolute Gasteiger partial charge is 0.263 e. The van der Waals surface area contributed by atoms with Gasteiger partial charge in [-0.15, -0.1) is 0 Å². The van der Waals surface area contributed by atoms with E-state index in [2.05, 4.69) is 31.2 Å². The van der Waals surface area contributed by atoms with Gasteiger partial charge in [0.1, 0.15) is 0 Å². The Kier molecular flexibility index (Phi) is 6.23. The molecular formula is C28H32N2OS. The molecule has 1 fully saturated rings. The molecule has 5 rings (SSSR count). The van der Waals surface area contributed by atoms with Crippen LogP contribution in [0.2, 0.25) is 0 Å². The number of unbranched alkanes of at least 4 members (excludes halogenated alkanes) is 2. The molecule has 3 aromatic rings. The Bertz CT molecular complexity index is 1150. The van der Waals surface area contributed by atoms with Gasteiger partial charge < -0.3 is 0 Å². The third-order valence-electron chi connectivity index (χ3n) is 7.19. The van der Waals surface area contributed by atoms with Crippen molar-refractivity contribution in [2.75, 3.05) is 5.75 Å². The molecule has 2 aromatic carbocycles. The average Bonchev–Trinajstić information content (AvgIpc) is 2.83. The fourth-order valence-corrected chi connectivity index (χ4v) is 6.61. The van der Waals surface area contributed by atoms with Gasteiger partial charge in [0.05, 0.1) is 16.9 Å². The van der Waals surface area contributed by atoms with Gasteiger partial charge in [-0.25, -0.2) is 4.98 Å². The second-order valence-corrected chi connectivity index (χ2v) is 10.4. The molecule has 32 heavy (non-hydrogen) atoms. The number of nitrogens with zero attached hydrogens (tertiary/aromatic N) is 2. The Hall–Kier alpha value is -2.33. The molecule has 0 N–H and O–H groups in total. The summed E-state index contributed by atoms with van der Waals surface area (Å²) >= 11 is 1.73. The zero-order chi connectivity index (χ0) is 22.0. The molecule has 1 saturated carbocycles. The molecule has 2 aliphatic carbocycles. The summed E-state index contributed by atoms with van der Waals surface area (Å²) in [5, 5.41) is 0.832. The summed E-state index contributed by atoms with van der Waals surface area (Å²) < 4.78 is 1.90. The molecule has 0 aliphatic heterocycles. The number of para-hydroxylation sites is 1. The van der Waals surface area contributed by atoms with Crippen molar-refractivity contribution in [3.8, 4) is 16.9 Å². The molecule has 1 heterocycles. The number of hydrogen-bond acceptors (Lipinski definition) is 3. The van der Waals surface area contributed by atoms with Crippen molar-refractivity contribution in [3.05, 3.63) is 76.1 Å².